The van der Waals surface area contributed by atoms with Gasteiger partial charge >= 0.3 is 0 Å². The van der Waals surface area contributed by atoms with Crippen molar-refractivity contribution in [1.82, 2.24) is 4.98 Å². The third-order valence-corrected chi connectivity index (χ3v) is 2.92. The van der Waals surface area contributed by atoms with Gasteiger partial charge in [-0.1, -0.05) is 20.8 Å². The summed E-state index contributed by atoms with van der Waals surface area (Å²) in [5.74, 6) is 0.495. The van der Waals surface area contributed by atoms with Gasteiger partial charge in [0.25, 0.3) is 5.69 Å². The maximum absolute atomic E-state index is 10.9. The molecule has 1 aromatic carbocycles. The molecule has 2 aromatic rings. The molecule has 0 amide bonds. The van der Waals surface area contributed by atoms with Crippen molar-refractivity contribution in [1.29, 1.82) is 0 Å². The minimum absolute atomic E-state index is 0.0406. The van der Waals surface area contributed by atoms with E-state index in [9.17, 15) is 10.1 Å². The van der Waals surface area contributed by atoms with Crippen molar-refractivity contribution in [3.05, 3.63) is 34.0 Å². The first-order valence-corrected chi connectivity index (χ1v) is 5.68. The number of rotatable bonds is 2. The first-order chi connectivity index (χ1) is 8.32. The number of nitro groups is 1. The highest BCUT2D eigenvalue weighted by Gasteiger charge is 2.20. The number of ether oxygens (including phenoxy) is 1. The van der Waals surface area contributed by atoms with Gasteiger partial charge < -0.3 is 9.72 Å². The molecule has 5 nitrogen and oxygen atoms in total. The summed E-state index contributed by atoms with van der Waals surface area (Å²) >= 11 is 0. The number of nitrogens with zero attached hydrogens (tertiary/aromatic N) is 1. The van der Waals surface area contributed by atoms with Gasteiger partial charge in [-0.15, -0.1) is 0 Å². The van der Waals surface area contributed by atoms with Gasteiger partial charge in [-0.2, -0.15) is 0 Å². The van der Waals surface area contributed by atoms with E-state index in [1.165, 1.54) is 13.2 Å². The molecule has 2 rings (SSSR count). The zero-order valence-electron chi connectivity index (χ0n) is 10.9. The fraction of sp³-hybridized carbons (Fsp3) is 0.385. The second kappa shape index (κ2) is 4.01. The molecular formula is C13H16N2O3. The maximum Gasteiger partial charge on any atom is 0.273 e. The molecule has 96 valence electrons. The highest BCUT2D eigenvalue weighted by atomic mass is 16.6. The summed E-state index contributed by atoms with van der Waals surface area (Å²) < 4.78 is 5.21. The van der Waals surface area contributed by atoms with Crippen LogP contribution in [-0.2, 0) is 5.41 Å². The molecule has 0 radical (unpaired) electrons. The number of hydrogen-bond donors (Lipinski definition) is 1. The number of nitrogens with one attached hydrogen (secondary N) is 1. The van der Waals surface area contributed by atoms with E-state index in [2.05, 4.69) is 25.8 Å². The van der Waals surface area contributed by atoms with Gasteiger partial charge in [0.1, 0.15) is 5.75 Å². The van der Waals surface area contributed by atoms with Crippen LogP contribution in [0.15, 0.2) is 18.2 Å². The molecule has 0 bridgehead atoms. The summed E-state index contributed by atoms with van der Waals surface area (Å²) in [4.78, 5) is 13.7. The highest BCUT2D eigenvalue weighted by Crippen LogP contribution is 2.34. The van der Waals surface area contributed by atoms with Crippen molar-refractivity contribution in [2.75, 3.05) is 7.11 Å². The maximum atomic E-state index is 10.9. The fourth-order valence-corrected chi connectivity index (χ4v) is 1.87. The first-order valence-electron chi connectivity index (χ1n) is 5.68. The SMILES string of the molecule is COc1cc([N+](=O)[O-])cc2cc(C(C)(C)C)[nH]c12. The molecule has 0 unspecified atom stereocenters. The molecule has 0 saturated heterocycles. The highest BCUT2D eigenvalue weighted by molar-refractivity contribution is 5.88. The summed E-state index contributed by atoms with van der Waals surface area (Å²) in [6.07, 6.45) is 0. The largest absolute Gasteiger partial charge is 0.494 e. The third kappa shape index (κ3) is 2.03. The second-order valence-corrected chi connectivity index (χ2v) is 5.30. The van der Waals surface area contributed by atoms with E-state index in [0.29, 0.717) is 5.75 Å². The van der Waals surface area contributed by atoms with Gasteiger partial charge in [0.2, 0.25) is 0 Å². The topological polar surface area (TPSA) is 68.2 Å². The smallest absolute Gasteiger partial charge is 0.273 e. The number of aromatic amines is 1. The van der Waals surface area contributed by atoms with Crippen molar-refractivity contribution in [2.24, 2.45) is 0 Å². The zero-order valence-corrected chi connectivity index (χ0v) is 10.9. The van der Waals surface area contributed by atoms with Crippen LogP contribution in [0.2, 0.25) is 0 Å². The quantitative estimate of drug-likeness (QED) is 0.654. The van der Waals surface area contributed by atoms with Crippen LogP contribution in [-0.4, -0.2) is 17.0 Å². The molecule has 0 aliphatic carbocycles. The van der Waals surface area contributed by atoms with Crippen LogP contribution in [0.5, 0.6) is 5.75 Å². The van der Waals surface area contributed by atoms with Crippen LogP contribution in [0.25, 0.3) is 10.9 Å². The van der Waals surface area contributed by atoms with Crippen LogP contribution in [0.1, 0.15) is 26.5 Å². The predicted molar refractivity (Wildman–Crippen MR) is 70.2 cm³/mol. The Morgan fingerprint density at radius 2 is 1.94 bits per heavy atom. The van der Waals surface area contributed by atoms with Gasteiger partial charge in [-0.05, 0) is 6.07 Å². The zero-order chi connectivity index (χ0) is 13.5. The van der Waals surface area contributed by atoms with Gasteiger partial charge in [-0.3, -0.25) is 10.1 Å². The molecule has 1 aromatic heterocycles. The van der Waals surface area contributed by atoms with Crippen molar-refractivity contribution in [3.63, 3.8) is 0 Å². The van der Waals surface area contributed by atoms with Crippen molar-refractivity contribution in [2.45, 2.75) is 26.2 Å². The molecule has 0 aliphatic rings. The van der Waals surface area contributed by atoms with Gasteiger partial charge in [0.05, 0.1) is 23.6 Å². The summed E-state index contributed by atoms with van der Waals surface area (Å²) in [6.45, 7) is 6.25. The number of nitro benzene ring substituents is 1. The Morgan fingerprint density at radius 1 is 1.28 bits per heavy atom. The van der Waals surface area contributed by atoms with Crippen LogP contribution in [0, 0.1) is 10.1 Å². The van der Waals surface area contributed by atoms with E-state index in [0.717, 1.165) is 16.6 Å². The molecule has 0 fully saturated rings. The van der Waals surface area contributed by atoms with Crippen LogP contribution in [0.4, 0.5) is 5.69 Å². The summed E-state index contributed by atoms with van der Waals surface area (Å²) in [5, 5.41) is 11.7. The van der Waals surface area contributed by atoms with E-state index in [1.807, 2.05) is 6.07 Å². The molecule has 18 heavy (non-hydrogen) atoms. The number of non-ortho nitro benzene ring substituents is 1. The number of H-pyrrole nitrogens is 1. The molecule has 0 saturated carbocycles. The van der Waals surface area contributed by atoms with Crippen molar-refractivity contribution in [3.8, 4) is 5.75 Å². The van der Waals surface area contributed by atoms with Crippen LogP contribution in [0.3, 0.4) is 0 Å². The lowest BCUT2D eigenvalue weighted by Gasteiger charge is -2.15. The van der Waals surface area contributed by atoms with Crippen LogP contribution < -0.4 is 4.74 Å². The molecule has 1 N–H and O–H groups in total. The van der Waals surface area contributed by atoms with E-state index >= 15 is 0 Å². The van der Waals surface area contributed by atoms with Gasteiger partial charge in [0, 0.05) is 22.6 Å². The molecule has 1 heterocycles. The normalized spacial score (nSPS) is 11.8. The lowest BCUT2D eigenvalue weighted by molar-refractivity contribution is -0.384. The monoisotopic (exact) mass is 248 g/mol. The lowest BCUT2D eigenvalue weighted by Crippen LogP contribution is -2.11. The summed E-state index contributed by atoms with van der Waals surface area (Å²) in [7, 11) is 1.51. The first kappa shape index (κ1) is 12.4. The Morgan fingerprint density at radius 3 is 2.44 bits per heavy atom. The second-order valence-electron chi connectivity index (χ2n) is 5.30. The van der Waals surface area contributed by atoms with E-state index in [1.54, 1.807) is 6.07 Å². The predicted octanol–water partition coefficient (Wildman–Crippen LogP) is 3.38. The van der Waals surface area contributed by atoms with Crippen molar-refractivity contribution >= 4 is 16.6 Å². The number of aromatic nitrogens is 1. The number of methoxy groups -OCH3 is 1. The summed E-state index contributed by atoms with van der Waals surface area (Å²) in [5.41, 5.74) is 1.82. The van der Waals surface area contributed by atoms with E-state index in [4.69, 9.17) is 4.74 Å². The number of hydrogen-bond acceptors (Lipinski definition) is 3. The molecule has 5 heteroatoms. The molecule has 0 spiro atoms. The average molecular weight is 248 g/mol. The number of benzene rings is 1. The Kier molecular flexibility index (Phi) is 2.77. The number of fused-ring (bicyclic) bond motifs is 1. The summed E-state index contributed by atoms with van der Waals surface area (Å²) in [6, 6.07) is 4.93. The molecular weight excluding hydrogens is 232 g/mol. The molecule has 0 atom stereocenters. The Bertz CT molecular complexity index is 608. The van der Waals surface area contributed by atoms with E-state index in [-0.39, 0.29) is 11.1 Å². The van der Waals surface area contributed by atoms with E-state index < -0.39 is 4.92 Å². The Labute approximate surface area is 105 Å². The lowest BCUT2D eigenvalue weighted by atomic mass is 9.92. The Hall–Kier alpha value is -2.04. The minimum Gasteiger partial charge on any atom is -0.494 e. The Balaban J connectivity index is 2.71. The third-order valence-electron chi connectivity index (χ3n) is 2.92. The van der Waals surface area contributed by atoms with Crippen molar-refractivity contribution < 1.29 is 9.66 Å². The fourth-order valence-electron chi connectivity index (χ4n) is 1.87. The van der Waals surface area contributed by atoms with Gasteiger partial charge in [0.15, 0.2) is 0 Å². The van der Waals surface area contributed by atoms with Crippen LogP contribution >= 0.6 is 0 Å². The average Bonchev–Trinajstić information content (AvgIpc) is 2.70. The van der Waals surface area contributed by atoms with Gasteiger partial charge in [-0.25, -0.2) is 0 Å². The molecule has 0 aliphatic heterocycles. The minimum atomic E-state index is -0.411. The standard InChI is InChI=1S/C13H16N2O3/c1-13(2,3)11-6-8-5-9(15(16)17)7-10(18-4)12(8)14-11/h5-7,14H,1-4H3.